The fraction of sp³-hybridized carbons (Fsp3) is 1.00. The summed E-state index contributed by atoms with van der Waals surface area (Å²) in [6.07, 6.45) is 5.13. The van der Waals surface area contributed by atoms with Crippen molar-refractivity contribution < 1.29 is 0 Å². The van der Waals surface area contributed by atoms with Crippen molar-refractivity contribution in [2.75, 3.05) is 13.1 Å². The zero-order valence-electron chi connectivity index (χ0n) is 13.4. The lowest BCUT2D eigenvalue weighted by Gasteiger charge is -2.50. The summed E-state index contributed by atoms with van der Waals surface area (Å²) in [6.45, 7) is 16.6. The van der Waals surface area contributed by atoms with E-state index in [1.165, 1.54) is 38.8 Å². The van der Waals surface area contributed by atoms with Crippen molar-refractivity contribution in [2.24, 2.45) is 5.92 Å². The largest absolute Gasteiger partial charge is 0.314 e. The van der Waals surface area contributed by atoms with Crippen molar-refractivity contribution in [3.8, 4) is 0 Å². The standard InChI is InChI=1S/C16H34N2/c1-7-10-16(5,6)18-12-9-15(17-11-8-2)13(3)14(18)4/h13-15,17H,7-12H2,1-6H3. The van der Waals surface area contributed by atoms with Gasteiger partial charge in [-0.3, -0.25) is 4.90 Å². The van der Waals surface area contributed by atoms with Gasteiger partial charge in [0.25, 0.3) is 0 Å². The van der Waals surface area contributed by atoms with Crippen molar-refractivity contribution in [1.82, 2.24) is 10.2 Å². The van der Waals surface area contributed by atoms with Crippen LogP contribution in [0, 0.1) is 5.92 Å². The molecule has 1 heterocycles. The van der Waals surface area contributed by atoms with Gasteiger partial charge in [0.2, 0.25) is 0 Å². The van der Waals surface area contributed by atoms with Gasteiger partial charge in [0.15, 0.2) is 0 Å². The predicted molar refractivity (Wildman–Crippen MR) is 81.0 cm³/mol. The molecule has 3 atom stereocenters. The third kappa shape index (κ3) is 3.71. The van der Waals surface area contributed by atoms with Crippen LogP contribution in [-0.2, 0) is 0 Å². The van der Waals surface area contributed by atoms with Crippen LogP contribution in [0.15, 0.2) is 0 Å². The lowest BCUT2D eigenvalue weighted by Crippen LogP contribution is -2.59. The molecule has 2 heteroatoms. The number of rotatable bonds is 6. The number of hydrogen-bond acceptors (Lipinski definition) is 2. The van der Waals surface area contributed by atoms with Gasteiger partial charge >= 0.3 is 0 Å². The molecule has 108 valence electrons. The molecule has 0 spiro atoms. The highest BCUT2D eigenvalue weighted by Gasteiger charge is 2.38. The van der Waals surface area contributed by atoms with Crippen LogP contribution in [0.5, 0.6) is 0 Å². The Balaban J connectivity index is 2.62. The van der Waals surface area contributed by atoms with Crippen LogP contribution in [0.4, 0.5) is 0 Å². The minimum absolute atomic E-state index is 0.359. The summed E-state index contributed by atoms with van der Waals surface area (Å²) in [5.41, 5.74) is 0.359. The fourth-order valence-corrected chi connectivity index (χ4v) is 3.59. The van der Waals surface area contributed by atoms with E-state index < -0.39 is 0 Å². The maximum atomic E-state index is 3.73. The van der Waals surface area contributed by atoms with Gasteiger partial charge in [-0.1, -0.05) is 27.2 Å². The second-order valence-electron chi connectivity index (χ2n) is 6.70. The molecule has 0 aromatic heterocycles. The van der Waals surface area contributed by atoms with Crippen LogP contribution in [0.2, 0.25) is 0 Å². The fourth-order valence-electron chi connectivity index (χ4n) is 3.59. The van der Waals surface area contributed by atoms with Gasteiger partial charge in [0.05, 0.1) is 0 Å². The molecular weight excluding hydrogens is 220 g/mol. The SMILES string of the molecule is CCCNC1CCN(C(C)(C)CCC)C(C)C1C. The molecule has 2 nitrogen and oxygen atoms in total. The molecule has 1 saturated heterocycles. The monoisotopic (exact) mass is 254 g/mol. The maximum absolute atomic E-state index is 3.73. The Morgan fingerprint density at radius 1 is 1.17 bits per heavy atom. The van der Waals surface area contributed by atoms with E-state index in [0.717, 1.165) is 5.92 Å². The first-order chi connectivity index (χ1) is 8.44. The van der Waals surface area contributed by atoms with Crippen LogP contribution in [0.25, 0.3) is 0 Å². The average Bonchev–Trinajstić information content (AvgIpc) is 2.30. The molecule has 0 saturated carbocycles. The molecule has 1 N–H and O–H groups in total. The van der Waals surface area contributed by atoms with Gasteiger partial charge in [-0.05, 0) is 52.5 Å². The van der Waals surface area contributed by atoms with Gasteiger partial charge in [-0.15, -0.1) is 0 Å². The molecular formula is C16H34N2. The van der Waals surface area contributed by atoms with E-state index in [1.54, 1.807) is 0 Å². The van der Waals surface area contributed by atoms with Gasteiger partial charge in [-0.2, -0.15) is 0 Å². The van der Waals surface area contributed by atoms with E-state index in [-0.39, 0.29) is 0 Å². The lowest BCUT2D eigenvalue weighted by molar-refractivity contribution is 0.000236. The molecule has 0 aromatic carbocycles. The van der Waals surface area contributed by atoms with E-state index in [1.807, 2.05) is 0 Å². The number of piperidine rings is 1. The van der Waals surface area contributed by atoms with Crippen molar-refractivity contribution >= 4 is 0 Å². The number of nitrogens with one attached hydrogen (secondary N) is 1. The highest BCUT2D eigenvalue weighted by atomic mass is 15.2. The van der Waals surface area contributed by atoms with Crippen molar-refractivity contribution in [2.45, 2.75) is 84.8 Å². The topological polar surface area (TPSA) is 15.3 Å². The normalized spacial score (nSPS) is 30.7. The maximum Gasteiger partial charge on any atom is 0.0156 e. The molecule has 0 aromatic rings. The van der Waals surface area contributed by atoms with Gasteiger partial charge in [0, 0.05) is 24.2 Å². The van der Waals surface area contributed by atoms with E-state index in [9.17, 15) is 0 Å². The molecule has 1 aliphatic rings. The molecule has 1 fully saturated rings. The third-order valence-electron chi connectivity index (χ3n) is 4.86. The zero-order chi connectivity index (χ0) is 13.8. The number of likely N-dealkylation sites (tertiary alicyclic amines) is 1. The smallest absolute Gasteiger partial charge is 0.0156 e. The molecule has 0 bridgehead atoms. The summed E-state index contributed by atoms with van der Waals surface area (Å²) in [5.74, 6) is 0.751. The summed E-state index contributed by atoms with van der Waals surface area (Å²) in [4.78, 5) is 2.74. The third-order valence-corrected chi connectivity index (χ3v) is 4.86. The van der Waals surface area contributed by atoms with Crippen molar-refractivity contribution in [3.63, 3.8) is 0 Å². The minimum atomic E-state index is 0.359. The number of hydrogen-bond donors (Lipinski definition) is 1. The lowest BCUT2D eigenvalue weighted by atomic mass is 9.82. The Morgan fingerprint density at radius 2 is 1.83 bits per heavy atom. The van der Waals surface area contributed by atoms with E-state index >= 15 is 0 Å². The first kappa shape index (κ1) is 16.0. The molecule has 3 unspecified atom stereocenters. The van der Waals surface area contributed by atoms with Crippen molar-refractivity contribution in [3.05, 3.63) is 0 Å². The van der Waals surface area contributed by atoms with E-state index in [0.29, 0.717) is 17.6 Å². The summed E-state index contributed by atoms with van der Waals surface area (Å²) in [7, 11) is 0. The van der Waals surface area contributed by atoms with Gasteiger partial charge in [-0.25, -0.2) is 0 Å². The van der Waals surface area contributed by atoms with Crippen LogP contribution < -0.4 is 5.32 Å². The van der Waals surface area contributed by atoms with Gasteiger partial charge in [0.1, 0.15) is 0 Å². The predicted octanol–water partition coefficient (Wildman–Crippen LogP) is 3.66. The number of nitrogens with zero attached hydrogens (tertiary/aromatic N) is 1. The quantitative estimate of drug-likeness (QED) is 0.778. The van der Waals surface area contributed by atoms with E-state index in [2.05, 4.69) is 51.8 Å². The Hall–Kier alpha value is -0.0800. The Kier molecular flexibility index (Phi) is 6.13. The first-order valence-electron chi connectivity index (χ1n) is 7.94. The molecule has 0 aliphatic carbocycles. The second-order valence-corrected chi connectivity index (χ2v) is 6.70. The average molecular weight is 254 g/mol. The first-order valence-corrected chi connectivity index (χ1v) is 7.94. The summed E-state index contributed by atoms with van der Waals surface area (Å²) >= 11 is 0. The van der Waals surface area contributed by atoms with Crippen LogP contribution >= 0.6 is 0 Å². The Morgan fingerprint density at radius 3 is 2.39 bits per heavy atom. The van der Waals surface area contributed by atoms with Crippen LogP contribution in [-0.4, -0.2) is 35.6 Å². The molecule has 1 aliphatic heterocycles. The Labute approximate surface area is 115 Å². The summed E-state index contributed by atoms with van der Waals surface area (Å²) in [5, 5.41) is 3.73. The van der Waals surface area contributed by atoms with E-state index in [4.69, 9.17) is 0 Å². The Bertz CT molecular complexity index is 237. The van der Waals surface area contributed by atoms with Gasteiger partial charge < -0.3 is 5.32 Å². The minimum Gasteiger partial charge on any atom is -0.314 e. The highest BCUT2D eigenvalue weighted by molar-refractivity contribution is 4.94. The molecule has 1 rings (SSSR count). The highest BCUT2D eigenvalue weighted by Crippen LogP contribution is 2.32. The second kappa shape index (κ2) is 6.91. The molecule has 18 heavy (non-hydrogen) atoms. The van der Waals surface area contributed by atoms with Crippen LogP contribution in [0.3, 0.4) is 0 Å². The zero-order valence-corrected chi connectivity index (χ0v) is 13.4. The molecule has 0 radical (unpaired) electrons. The molecule has 0 amide bonds. The summed E-state index contributed by atoms with van der Waals surface area (Å²) < 4.78 is 0. The summed E-state index contributed by atoms with van der Waals surface area (Å²) in [6, 6.07) is 1.41. The van der Waals surface area contributed by atoms with Crippen molar-refractivity contribution in [1.29, 1.82) is 0 Å². The van der Waals surface area contributed by atoms with Crippen LogP contribution in [0.1, 0.15) is 67.2 Å².